The van der Waals surface area contributed by atoms with Gasteiger partial charge in [0.15, 0.2) is 0 Å². The monoisotopic (exact) mass is 503 g/mol. The Labute approximate surface area is 204 Å². The second-order valence-electron chi connectivity index (χ2n) is 6.91. The molecule has 33 heavy (non-hydrogen) atoms. The molecule has 10 heteroatoms. The average Bonchev–Trinajstić information content (AvgIpc) is 2.77. The molecule has 0 radical (unpaired) electrons. The molecule has 0 spiro atoms. The molecule has 1 heterocycles. The van der Waals surface area contributed by atoms with Gasteiger partial charge >= 0.3 is 5.97 Å². The fourth-order valence-corrected chi connectivity index (χ4v) is 4.22. The Bertz CT molecular complexity index is 1190. The molecular weight excluding hydrogens is 485 g/mol. The zero-order valence-corrected chi connectivity index (χ0v) is 19.7. The lowest BCUT2D eigenvalue weighted by molar-refractivity contribution is -0.140. The van der Waals surface area contributed by atoms with Gasteiger partial charge in [-0.3, -0.25) is 9.59 Å². The van der Waals surface area contributed by atoms with Crippen molar-refractivity contribution in [3.63, 3.8) is 0 Å². The summed E-state index contributed by atoms with van der Waals surface area (Å²) in [4.78, 5) is 40.2. The minimum atomic E-state index is -1.12. The van der Waals surface area contributed by atoms with E-state index in [1.807, 2.05) is 18.2 Å². The first-order valence-corrected chi connectivity index (χ1v) is 11.4. The number of amides is 2. The van der Waals surface area contributed by atoms with E-state index in [4.69, 9.17) is 23.2 Å². The molecule has 0 saturated carbocycles. The van der Waals surface area contributed by atoms with Crippen molar-refractivity contribution >= 4 is 58.4 Å². The minimum absolute atomic E-state index is 0.0907. The molecule has 0 saturated heterocycles. The topological polar surface area (TPSA) is 108 Å². The summed E-state index contributed by atoms with van der Waals surface area (Å²) in [5.74, 6) is -1.82. The number of aromatic nitrogens is 1. The molecule has 0 aliphatic carbocycles. The van der Waals surface area contributed by atoms with Crippen LogP contribution in [0.15, 0.2) is 65.7 Å². The number of carbonyl (C=O) groups excluding carboxylic acids is 2. The molecule has 1 aromatic heterocycles. The van der Waals surface area contributed by atoms with E-state index in [2.05, 4.69) is 15.6 Å². The van der Waals surface area contributed by atoms with E-state index in [0.29, 0.717) is 16.3 Å². The van der Waals surface area contributed by atoms with E-state index in [1.165, 1.54) is 24.9 Å². The van der Waals surface area contributed by atoms with Gasteiger partial charge in [-0.05, 0) is 48.0 Å². The van der Waals surface area contributed by atoms with Crippen LogP contribution in [0.3, 0.4) is 0 Å². The van der Waals surface area contributed by atoms with E-state index in [1.54, 1.807) is 36.4 Å². The average molecular weight is 504 g/mol. The van der Waals surface area contributed by atoms with Gasteiger partial charge in [0, 0.05) is 40.0 Å². The van der Waals surface area contributed by atoms with Gasteiger partial charge in [-0.1, -0.05) is 35.3 Å². The fourth-order valence-electron chi connectivity index (χ4n) is 2.94. The molecule has 0 bridgehead atoms. The lowest BCUT2D eigenvalue weighted by atomic mass is 10.0. The minimum Gasteiger partial charge on any atom is -0.480 e. The van der Waals surface area contributed by atoms with Gasteiger partial charge in [0.2, 0.25) is 5.91 Å². The number of carboxylic acids is 1. The van der Waals surface area contributed by atoms with Crippen molar-refractivity contribution in [3.05, 3.63) is 76.5 Å². The summed E-state index contributed by atoms with van der Waals surface area (Å²) in [5, 5.41) is 15.3. The second kappa shape index (κ2) is 11.2. The van der Waals surface area contributed by atoms with Crippen molar-refractivity contribution in [2.45, 2.75) is 17.9 Å². The smallest absolute Gasteiger partial charge is 0.327 e. The normalized spacial score (nSPS) is 11.5. The summed E-state index contributed by atoms with van der Waals surface area (Å²) in [6, 6.07) is 14.6. The van der Waals surface area contributed by atoms with Gasteiger partial charge in [0.05, 0.1) is 5.56 Å². The zero-order valence-electron chi connectivity index (χ0n) is 17.3. The molecule has 0 aliphatic heterocycles. The van der Waals surface area contributed by atoms with Crippen molar-refractivity contribution in [2.75, 3.05) is 11.1 Å². The highest BCUT2D eigenvalue weighted by molar-refractivity contribution is 7.99. The Morgan fingerprint density at radius 3 is 2.45 bits per heavy atom. The molecule has 0 aliphatic rings. The van der Waals surface area contributed by atoms with Crippen LogP contribution in [-0.4, -0.2) is 39.7 Å². The number of pyridine rings is 1. The number of thioether (sulfide) groups is 1. The predicted octanol–water partition coefficient (Wildman–Crippen LogP) is 4.99. The molecule has 1 unspecified atom stereocenters. The molecule has 2 aromatic carbocycles. The number of nitrogens with one attached hydrogen (secondary N) is 2. The lowest BCUT2D eigenvalue weighted by Crippen LogP contribution is -2.41. The number of hydrogen-bond donors (Lipinski definition) is 3. The predicted molar refractivity (Wildman–Crippen MR) is 130 cm³/mol. The maximum atomic E-state index is 12.8. The SMILES string of the molecule is CC(=O)NC(CSc1ccc(NC(=O)c2cccnc2Cl)c(-c2ccc(Cl)cc2)c1)C(=O)O. The number of hydrogen-bond acceptors (Lipinski definition) is 5. The zero-order chi connectivity index (χ0) is 24.0. The van der Waals surface area contributed by atoms with Crippen molar-refractivity contribution in [1.82, 2.24) is 10.3 Å². The van der Waals surface area contributed by atoms with Crippen LogP contribution in [0.4, 0.5) is 5.69 Å². The van der Waals surface area contributed by atoms with Gasteiger partial charge in [-0.2, -0.15) is 0 Å². The van der Waals surface area contributed by atoms with Gasteiger partial charge < -0.3 is 15.7 Å². The van der Waals surface area contributed by atoms with Crippen LogP contribution in [0.5, 0.6) is 0 Å². The van der Waals surface area contributed by atoms with Crippen LogP contribution in [0.1, 0.15) is 17.3 Å². The first-order chi connectivity index (χ1) is 15.7. The first-order valence-electron chi connectivity index (χ1n) is 9.69. The van der Waals surface area contributed by atoms with E-state index >= 15 is 0 Å². The van der Waals surface area contributed by atoms with E-state index < -0.39 is 23.8 Å². The summed E-state index contributed by atoms with van der Waals surface area (Å²) >= 11 is 13.3. The fraction of sp³-hybridized carbons (Fsp3) is 0.130. The van der Waals surface area contributed by atoms with Crippen molar-refractivity contribution in [2.24, 2.45) is 0 Å². The third-order valence-electron chi connectivity index (χ3n) is 4.49. The summed E-state index contributed by atoms with van der Waals surface area (Å²) in [7, 11) is 0. The summed E-state index contributed by atoms with van der Waals surface area (Å²) in [5.41, 5.74) is 2.27. The highest BCUT2D eigenvalue weighted by Gasteiger charge is 2.19. The summed E-state index contributed by atoms with van der Waals surface area (Å²) in [6.45, 7) is 1.27. The van der Waals surface area contributed by atoms with E-state index in [9.17, 15) is 19.5 Å². The van der Waals surface area contributed by atoms with Gasteiger partial charge in [0.1, 0.15) is 11.2 Å². The van der Waals surface area contributed by atoms with Crippen molar-refractivity contribution in [3.8, 4) is 11.1 Å². The third kappa shape index (κ3) is 6.71. The molecule has 0 fully saturated rings. The molecule has 7 nitrogen and oxygen atoms in total. The van der Waals surface area contributed by atoms with Gasteiger partial charge in [0.25, 0.3) is 5.91 Å². The van der Waals surface area contributed by atoms with Gasteiger partial charge in [-0.25, -0.2) is 9.78 Å². The van der Waals surface area contributed by atoms with Crippen molar-refractivity contribution in [1.29, 1.82) is 0 Å². The molecule has 3 rings (SSSR count). The van der Waals surface area contributed by atoms with Crippen LogP contribution < -0.4 is 10.6 Å². The molecule has 1 atom stereocenters. The van der Waals surface area contributed by atoms with E-state index in [-0.39, 0.29) is 16.5 Å². The lowest BCUT2D eigenvalue weighted by Gasteiger charge is -2.16. The number of carbonyl (C=O) groups is 3. The molecule has 170 valence electrons. The number of halogens is 2. The highest BCUT2D eigenvalue weighted by atomic mass is 35.5. The number of benzene rings is 2. The van der Waals surface area contributed by atoms with Crippen LogP contribution >= 0.6 is 35.0 Å². The molecule has 3 aromatic rings. The maximum absolute atomic E-state index is 12.8. The molecular formula is C23H19Cl2N3O4S. The molecule has 3 N–H and O–H groups in total. The molecule has 2 amide bonds. The van der Waals surface area contributed by atoms with Crippen molar-refractivity contribution < 1.29 is 19.5 Å². The standard InChI is InChI=1S/C23H19Cl2N3O4S/c1-13(29)27-20(23(31)32)12-33-16-8-9-19(18(11-16)14-4-6-15(24)7-5-14)28-22(30)17-3-2-10-26-21(17)25/h2-11,20H,12H2,1H3,(H,27,29)(H,28,30)(H,31,32). The second-order valence-corrected chi connectivity index (χ2v) is 8.80. The third-order valence-corrected chi connectivity index (χ3v) is 6.13. The largest absolute Gasteiger partial charge is 0.480 e. The maximum Gasteiger partial charge on any atom is 0.327 e. The van der Waals surface area contributed by atoms with Crippen LogP contribution in [0.25, 0.3) is 11.1 Å². The van der Waals surface area contributed by atoms with Crippen LogP contribution in [-0.2, 0) is 9.59 Å². The number of nitrogens with zero attached hydrogens (tertiary/aromatic N) is 1. The number of carboxylic acid groups (broad SMARTS) is 1. The van der Waals surface area contributed by atoms with Crippen LogP contribution in [0.2, 0.25) is 10.2 Å². The number of anilines is 1. The Balaban J connectivity index is 1.91. The van der Waals surface area contributed by atoms with Crippen LogP contribution in [0, 0.1) is 0 Å². The quantitative estimate of drug-likeness (QED) is 0.295. The Morgan fingerprint density at radius 1 is 1.09 bits per heavy atom. The Hall–Kier alpha value is -3.07. The number of rotatable bonds is 8. The Morgan fingerprint density at radius 2 is 1.82 bits per heavy atom. The Kier molecular flexibility index (Phi) is 8.32. The highest BCUT2D eigenvalue weighted by Crippen LogP contribution is 2.34. The first kappa shape index (κ1) is 24.6. The van der Waals surface area contributed by atoms with Gasteiger partial charge in [-0.15, -0.1) is 11.8 Å². The number of aliphatic carboxylic acids is 1. The van der Waals surface area contributed by atoms with E-state index in [0.717, 1.165) is 10.5 Å². The summed E-state index contributed by atoms with van der Waals surface area (Å²) in [6.07, 6.45) is 1.50. The summed E-state index contributed by atoms with van der Waals surface area (Å²) < 4.78 is 0.